The normalized spacial score (nSPS) is 38.4. The van der Waals surface area contributed by atoms with E-state index in [0.29, 0.717) is 18.4 Å². The molecule has 96 valence electrons. The van der Waals surface area contributed by atoms with Crippen LogP contribution < -0.4 is 0 Å². The Kier molecular flexibility index (Phi) is 3.65. The highest BCUT2D eigenvalue weighted by Crippen LogP contribution is 2.32. The van der Waals surface area contributed by atoms with E-state index in [1.165, 1.54) is 0 Å². The van der Waals surface area contributed by atoms with E-state index < -0.39 is 14.2 Å². The molecule has 0 amide bonds. The first-order chi connectivity index (χ1) is 7.87. The zero-order chi connectivity index (χ0) is 12.6. The van der Waals surface area contributed by atoms with Gasteiger partial charge in [-0.2, -0.15) is 0 Å². The van der Waals surface area contributed by atoms with Crippen molar-refractivity contribution >= 4 is 8.07 Å². The van der Waals surface area contributed by atoms with E-state index in [2.05, 4.69) is 38.0 Å². The molecule has 2 fully saturated rings. The molecule has 1 N–H and O–H groups in total. The molecule has 0 aliphatic carbocycles. The van der Waals surface area contributed by atoms with Crippen LogP contribution in [0.5, 0.6) is 0 Å². The van der Waals surface area contributed by atoms with E-state index in [1.807, 2.05) is 0 Å². The third-order valence-corrected chi connectivity index (χ3v) is 4.16. The Bertz CT molecular complexity index is 335. The second-order valence-corrected chi connectivity index (χ2v) is 10.9. The Morgan fingerprint density at radius 3 is 2.47 bits per heavy atom. The van der Waals surface area contributed by atoms with Gasteiger partial charge in [0.2, 0.25) is 0 Å². The summed E-state index contributed by atoms with van der Waals surface area (Å²) in [7, 11) is -1.39. The molecule has 3 nitrogen and oxygen atoms in total. The molecule has 5 atom stereocenters. The Labute approximate surface area is 105 Å². The third-order valence-electron chi connectivity index (χ3n) is 3.27. The molecule has 4 heteroatoms. The monoisotopic (exact) mass is 254 g/mol. The molecule has 17 heavy (non-hydrogen) atoms. The molecule has 2 heterocycles. The summed E-state index contributed by atoms with van der Waals surface area (Å²) in [5, 5.41) is 9.95. The van der Waals surface area contributed by atoms with Crippen LogP contribution in [0.3, 0.4) is 0 Å². The van der Waals surface area contributed by atoms with Gasteiger partial charge in [0.25, 0.3) is 0 Å². The average molecular weight is 254 g/mol. The Balaban J connectivity index is 1.94. The fourth-order valence-corrected chi connectivity index (χ4v) is 2.63. The lowest BCUT2D eigenvalue weighted by molar-refractivity contribution is 0.0167. The summed E-state index contributed by atoms with van der Waals surface area (Å²) in [5.74, 6) is 3.48. The van der Waals surface area contributed by atoms with Gasteiger partial charge in [0, 0.05) is 12.3 Å². The van der Waals surface area contributed by atoms with Crippen LogP contribution in [0.2, 0.25) is 19.6 Å². The zero-order valence-corrected chi connectivity index (χ0v) is 12.1. The van der Waals surface area contributed by atoms with Crippen molar-refractivity contribution in [3.63, 3.8) is 0 Å². The number of aliphatic hydroxyl groups is 1. The maximum atomic E-state index is 9.95. The number of epoxide rings is 1. The Morgan fingerprint density at radius 1 is 1.29 bits per heavy atom. The molecule has 0 aromatic heterocycles. The lowest BCUT2D eigenvalue weighted by atomic mass is 9.98. The van der Waals surface area contributed by atoms with Gasteiger partial charge in [0.05, 0.1) is 24.9 Å². The summed E-state index contributed by atoms with van der Waals surface area (Å²) < 4.78 is 11.1. The number of rotatable bonds is 2. The van der Waals surface area contributed by atoms with E-state index in [1.54, 1.807) is 0 Å². The second kappa shape index (κ2) is 4.73. The SMILES string of the molecule is C[C@@H]([C@H]1CO1)[C@H]1C[C@@H](O)[C@@H](C#C[Si](C)(C)C)O1. The Hall–Kier alpha value is -0.343. The first kappa shape index (κ1) is 13.1. The van der Waals surface area contributed by atoms with Gasteiger partial charge in [-0.25, -0.2) is 0 Å². The van der Waals surface area contributed by atoms with Gasteiger partial charge in [-0.15, -0.1) is 5.54 Å². The highest BCUT2D eigenvalue weighted by molar-refractivity contribution is 6.83. The third kappa shape index (κ3) is 3.56. The molecule has 2 aliphatic heterocycles. The molecule has 0 radical (unpaired) electrons. The second-order valence-electron chi connectivity index (χ2n) is 6.15. The van der Waals surface area contributed by atoms with Crippen LogP contribution in [-0.4, -0.2) is 44.2 Å². The zero-order valence-electron chi connectivity index (χ0n) is 11.1. The van der Waals surface area contributed by atoms with E-state index >= 15 is 0 Å². The van der Waals surface area contributed by atoms with Crippen molar-refractivity contribution in [1.29, 1.82) is 0 Å². The van der Waals surface area contributed by atoms with Crippen molar-refractivity contribution in [3.05, 3.63) is 0 Å². The number of ether oxygens (including phenoxy) is 2. The van der Waals surface area contributed by atoms with Crippen molar-refractivity contribution in [2.45, 2.75) is 57.4 Å². The molecule has 0 aromatic carbocycles. The van der Waals surface area contributed by atoms with E-state index in [4.69, 9.17) is 9.47 Å². The van der Waals surface area contributed by atoms with E-state index in [9.17, 15) is 5.11 Å². The van der Waals surface area contributed by atoms with Crippen molar-refractivity contribution in [2.75, 3.05) is 6.61 Å². The summed E-state index contributed by atoms with van der Waals surface area (Å²) in [6, 6.07) is 0. The minimum Gasteiger partial charge on any atom is -0.389 e. The van der Waals surface area contributed by atoms with Crippen LogP contribution in [0.4, 0.5) is 0 Å². The van der Waals surface area contributed by atoms with Crippen LogP contribution >= 0.6 is 0 Å². The number of hydrogen-bond donors (Lipinski definition) is 1. The quantitative estimate of drug-likeness (QED) is 0.460. The van der Waals surface area contributed by atoms with Gasteiger partial charge in [-0.3, -0.25) is 0 Å². The summed E-state index contributed by atoms with van der Waals surface area (Å²) >= 11 is 0. The first-order valence-electron chi connectivity index (χ1n) is 6.34. The van der Waals surface area contributed by atoms with Crippen LogP contribution in [-0.2, 0) is 9.47 Å². The summed E-state index contributed by atoms with van der Waals surface area (Å²) in [5.41, 5.74) is 3.27. The molecule has 2 aliphatic rings. The standard InChI is InChI=1S/C13H22O3Si/c1-9(13-8-15-13)12-7-10(14)11(16-12)5-6-17(2,3)4/h9-14H,7-8H2,1-4H3/t9-,10-,11-,12-,13-/m1/s1. The van der Waals surface area contributed by atoms with Gasteiger partial charge in [0.15, 0.2) is 0 Å². The minimum atomic E-state index is -1.39. The predicted octanol–water partition coefficient (Wildman–Crippen LogP) is 1.42. The molecule has 0 unspecified atom stereocenters. The summed E-state index contributed by atoms with van der Waals surface area (Å²) in [4.78, 5) is 0. The number of hydrogen-bond acceptors (Lipinski definition) is 3. The predicted molar refractivity (Wildman–Crippen MR) is 69.3 cm³/mol. The molecule has 0 bridgehead atoms. The minimum absolute atomic E-state index is 0.0958. The average Bonchev–Trinajstić information content (AvgIpc) is 2.98. The maximum absolute atomic E-state index is 9.95. The van der Waals surface area contributed by atoms with Crippen molar-refractivity contribution < 1.29 is 14.6 Å². The van der Waals surface area contributed by atoms with Gasteiger partial charge in [0.1, 0.15) is 14.2 Å². The molecule has 2 rings (SSSR count). The van der Waals surface area contributed by atoms with Gasteiger partial charge < -0.3 is 14.6 Å². The van der Waals surface area contributed by atoms with Gasteiger partial charge in [-0.1, -0.05) is 32.5 Å². The molecular weight excluding hydrogens is 232 g/mol. The highest BCUT2D eigenvalue weighted by Gasteiger charge is 2.42. The first-order valence-corrected chi connectivity index (χ1v) is 9.84. The lowest BCUT2D eigenvalue weighted by Gasteiger charge is -2.16. The van der Waals surface area contributed by atoms with Crippen molar-refractivity contribution in [1.82, 2.24) is 0 Å². The lowest BCUT2D eigenvalue weighted by Crippen LogP contribution is -2.24. The van der Waals surface area contributed by atoms with Crippen LogP contribution in [0.1, 0.15) is 13.3 Å². The van der Waals surface area contributed by atoms with Crippen molar-refractivity contribution in [3.8, 4) is 11.5 Å². The molecule has 2 saturated heterocycles. The smallest absolute Gasteiger partial charge is 0.143 e. The Morgan fingerprint density at radius 2 is 1.94 bits per heavy atom. The van der Waals surface area contributed by atoms with Crippen LogP contribution in [0.25, 0.3) is 0 Å². The van der Waals surface area contributed by atoms with Gasteiger partial charge in [-0.05, 0) is 0 Å². The summed E-state index contributed by atoms with van der Waals surface area (Å²) in [6.45, 7) is 9.55. The molecular formula is C13H22O3Si. The van der Waals surface area contributed by atoms with Crippen LogP contribution in [0.15, 0.2) is 0 Å². The fraction of sp³-hybridized carbons (Fsp3) is 0.846. The largest absolute Gasteiger partial charge is 0.389 e. The van der Waals surface area contributed by atoms with E-state index in [0.717, 1.165) is 6.61 Å². The molecule has 0 spiro atoms. The maximum Gasteiger partial charge on any atom is 0.143 e. The molecule has 0 saturated carbocycles. The van der Waals surface area contributed by atoms with Crippen LogP contribution in [0, 0.1) is 17.4 Å². The number of aliphatic hydroxyl groups excluding tert-OH is 1. The highest BCUT2D eigenvalue weighted by atomic mass is 28.3. The fourth-order valence-electron chi connectivity index (χ4n) is 2.05. The van der Waals surface area contributed by atoms with Gasteiger partial charge >= 0.3 is 0 Å². The summed E-state index contributed by atoms with van der Waals surface area (Å²) in [6.07, 6.45) is 0.374. The van der Waals surface area contributed by atoms with Crippen molar-refractivity contribution in [2.24, 2.45) is 5.92 Å². The van der Waals surface area contributed by atoms with E-state index in [-0.39, 0.29) is 12.2 Å². The molecule has 0 aromatic rings. The topological polar surface area (TPSA) is 42.0 Å².